The van der Waals surface area contributed by atoms with Gasteiger partial charge in [-0.05, 0) is 51.5 Å². The van der Waals surface area contributed by atoms with E-state index in [0.717, 1.165) is 4.90 Å². The van der Waals surface area contributed by atoms with Crippen LogP contribution in [0, 0.1) is 13.8 Å². The maximum atomic E-state index is 12.8. The molecule has 8 heteroatoms. The van der Waals surface area contributed by atoms with Gasteiger partial charge in [0.25, 0.3) is 0 Å². The first-order valence-corrected chi connectivity index (χ1v) is 10.2. The van der Waals surface area contributed by atoms with E-state index in [0.29, 0.717) is 34.7 Å². The molecule has 0 unspecified atom stereocenters. The fourth-order valence-corrected chi connectivity index (χ4v) is 4.29. The Bertz CT molecular complexity index is 1020. The van der Waals surface area contributed by atoms with Gasteiger partial charge in [-0.1, -0.05) is 0 Å². The third kappa shape index (κ3) is 4.27. The SMILES string of the molecule is CC(=O)c1c(C)[nH]c(C(=O)[C@@H](C)OC(=O)c2ccc3c(c2)NC(=O)CCS3)c1C. The topological polar surface area (TPSA) is 105 Å². The predicted octanol–water partition coefficient (Wildman–Crippen LogP) is 3.70. The molecule has 7 nitrogen and oxygen atoms in total. The van der Waals surface area contributed by atoms with Gasteiger partial charge in [0.2, 0.25) is 11.7 Å². The molecule has 2 heterocycles. The molecule has 1 aromatic carbocycles. The molecule has 0 saturated heterocycles. The second-order valence-corrected chi connectivity index (χ2v) is 8.09. The van der Waals surface area contributed by atoms with Crippen molar-refractivity contribution in [1.82, 2.24) is 4.98 Å². The molecule has 0 fully saturated rings. The Morgan fingerprint density at radius 1 is 1.21 bits per heavy atom. The number of ether oxygens (including phenoxy) is 1. The van der Waals surface area contributed by atoms with Crippen LogP contribution in [-0.4, -0.2) is 40.3 Å². The van der Waals surface area contributed by atoms with Crippen molar-refractivity contribution in [2.24, 2.45) is 0 Å². The summed E-state index contributed by atoms with van der Waals surface area (Å²) in [7, 11) is 0. The average molecular weight is 414 g/mol. The van der Waals surface area contributed by atoms with E-state index >= 15 is 0 Å². The zero-order chi connectivity index (χ0) is 21.3. The molecule has 0 spiro atoms. The van der Waals surface area contributed by atoms with Gasteiger partial charge in [0.1, 0.15) is 0 Å². The molecule has 0 bridgehead atoms. The lowest BCUT2D eigenvalue weighted by molar-refractivity contribution is -0.115. The quantitative estimate of drug-likeness (QED) is 0.571. The van der Waals surface area contributed by atoms with E-state index in [1.54, 1.807) is 32.0 Å². The first-order valence-electron chi connectivity index (χ1n) is 9.21. The first kappa shape index (κ1) is 20.9. The minimum atomic E-state index is -1.04. The number of esters is 1. The lowest BCUT2D eigenvalue weighted by Crippen LogP contribution is -2.25. The number of aromatic amines is 1. The molecule has 152 valence electrons. The number of hydrogen-bond donors (Lipinski definition) is 2. The van der Waals surface area contributed by atoms with E-state index in [-0.39, 0.29) is 22.9 Å². The number of aryl methyl sites for hydroxylation is 1. The number of rotatable bonds is 5. The number of amides is 1. The van der Waals surface area contributed by atoms with Crippen molar-refractivity contribution < 1.29 is 23.9 Å². The third-order valence-electron chi connectivity index (χ3n) is 4.77. The van der Waals surface area contributed by atoms with Crippen molar-refractivity contribution in [3.05, 3.63) is 46.3 Å². The van der Waals surface area contributed by atoms with E-state index in [2.05, 4.69) is 10.3 Å². The number of H-pyrrole nitrogens is 1. The van der Waals surface area contributed by atoms with Gasteiger partial charge in [0, 0.05) is 28.3 Å². The molecule has 2 N–H and O–H groups in total. The molecule has 1 aliphatic heterocycles. The smallest absolute Gasteiger partial charge is 0.338 e. The highest BCUT2D eigenvalue weighted by Gasteiger charge is 2.26. The van der Waals surface area contributed by atoms with Crippen LogP contribution < -0.4 is 5.32 Å². The first-order chi connectivity index (χ1) is 13.7. The molecular formula is C21H22N2O5S. The van der Waals surface area contributed by atoms with Crippen LogP contribution in [-0.2, 0) is 9.53 Å². The second-order valence-electron chi connectivity index (χ2n) is 6.95. The average Bonchev–Trinajstić information content (AvgIpc) is 2.83. The molecule has 1 aromatic heterocycles. The van der Waals surface area contributed by atoms with Gasteiger partial charge in [-0.15, -0.1) is 11.8 Å². The van der Waals surface area contributed by atoms with E-state index < -0.39 is 17.9 Å². The number of carbonyl (C=O) groups excluding carboxylic acids is 4. The van der Waals surface area contributed by atoms with Crippen molar-refractivity contribution in [1.29, 1.82) is 0 Å². The van der Waals surface area contributed by atoms with Gasteiger partial charge >= 0.3 is 5.97 Å². The van der Waals surface area contributed by atoms with Crippen molar-refractivity contribution in [2.75, 3.05) is 11.1 Å². The zero-order valence-corrected chi connectivity index (χ0v) is 17.5. The number of hydrogen-bond acceptors (Lipinski definition) is 6. The highest BCUT2D eigenvalue weighted by Crippen LogP contribution is 2.31. The molecule has 0 saturated carbocycles. The number of fused-ring (bicyclic) bond motifs is 1. The Kier molecular flexibility index (Phi) is 5.93. The van der Waals surface area contributed by atoms with Crippen molar-refractivity contribution in [3.63, 3.8) is 0 Å². The summed E-state index contributed by atoms with van der Waals surface area (Å²) in [6.45, 7) is 6.34. The van der Waals surface area contributed by atoms with Crippen LogP contribution in [0.2, 0.25) is 0 Å². The van der Waals surface area contributed by atoms with Crippen LogP contribution in [0.4, 0.5) is 5.69 Å². The molecule has 1 amide bonds. The van der Waals surface area contributed by atoms with Crippen LogP contribution in [0.5, 0.6) is 0 Å². The second kappa shape index (κ2) is 8.24. The molecule has 3 rings (SSSR count). The van der Waals surface area contributed by atoms with Crippen molar-refractivity contribution in [3.8, 4) is 0 Å². The molecule has 29 heavy (non-hydrogen) atoms. The van der Waals surface area contributed by atoms with Crippen LogP contribution >= 0.6 is 11.8 Å². The van der Waals surface area contributed by atoms with Crippen LogP contribution in [0.15, 0.2) is 23.1 Å². The summed E-state index contributed by atoms with van der Waals surface area (Å²) in [6, 6.07) is 4.93. The summed E-state index contributed by atoms with van der Waals surface area (Å²) in [5, 5.41) is 2.78. The number of aromatic nitrogens is 1. The van der Waals surface area contributed by atoms with Gasteiger partial charge in [-0.3, -0.25) is 14.4 Å². The molecule has 1 atom stereocenters. The lowest BCUT2D eigenvalue weighted by Gasteiger charge is -2.13. The number of anilines is 1. The number of benzene rings is 1. The Hall–Kier alpha value is -2.87. The lowest BCUT2D eigenvalue weighted by atomic mass is 10.0. The molecule has 2 aromatic rings. The Morgan fingerprint density at radius 3 is 2.59 bits per heavy atom. The maximum Gasteiger partial charge on any atom is 0.338 e. The molecule has 0 radical (unpaired) electrons. The number of carbonyl (C=O) groups is 4. The number of thioether (sulfide) groups is 1. The number of Topliss-reactive ketones (excluding diaryl/α,β-unsaturated/α-hetero) is 2. The predicted molar refractivity (Wildman–Crippen MR) is 110 cm³/mol. The van der Waals surface area contributed by atoms with Gasteiger partial charge < -0.3 is 15.0 Å². The van der Waals surface area contributed by atoms with Gasteiger partial charge in [0.15, 0.2) is 11.9 Å². The highest BCUT2D eigenvalue weighted by atomic mass is 32.2. The molecular weight excluding hydrogens is 392 g/mol. The fourth-order valence-electron chi connectivity index (χ4n) is 3.36. The van der Waals surface area contributed by atoms with E-state index in [1.807, 2.05) is 0 Å². The van der Waals surface area contributed by atoms with Gasteiger partial charge in [0.05, 0.1) is 16.9 Å². The number of ketones is 2. The fraction of sp³-hybridized carbons (Fsp3) is 0.333. The van der Waals surface area contributed by atoms with E-state index in [4.69, 9.17) is 4.74 Å². The largest absolute Gasteiger partial charge is 0.451 e. The Labute approximate surface area is 172 Å². The Morgan fingerprint density at radius 2 is 1.93 bits per heavy atom. The summed E-state index contributed by atoms with van der Waals surface area (Å²) in [5.74, 6) is -0.644. The van der Waals surface area contributed by atoms with Crippen molar-refractivity contribution >= 4 is 40.9 Å². The molecule has 1 aliphatic rings. The summed E-state index contributed by atoms with van der Waals surface area (Å²) in [6.07, 6.45) is -0.635. The minimum absolute atomic E-state index is 0.107. The summed E-state index contributed by atoms with van der Waals surface area (Å²) in [4.78, 5) is 52.6. The third-order valence-corrected chi connectivity index (χ3v) is 5.84. The normalized spacial score (nSPS) is 14.4. The maximum absolute atomic E-state index is 12.8. The summed E-state index contributed by atoms with van der Waals surface area (Å²) in [5.41, 5.74) is 2.70. The highest BCUT2D eigenvalue weighted by molar-refractivity contribution is 7.99. The molecule has 0 aliphatic carbocycles. The van der Waals surface area contributed by atoms with Gasteiger partial charge in [-0.2, -0.15) is 0 Å². The standard InChI is InChI=1S/C21H22N2O5S/c1-10-18(12(3)24)11(2)22-19(10)20(26)13(4)28-21(27)14-5-6-16-15(9-14)23-17(25)7-8-29-16/h5-6,9,13,22H,7-8H2,1-4H3,(H,23,25)/t13-/m1/s1. The van der Waals surface area contributed by atoms with Crippen LogP contribution in [0.1, 0.15) is 62.7 Å². The zero-order valence-electron chi connectivity index (χ0n) is 16.7. The summed E-state index contributed by atoms with van der Waals surface area (Å²) >= 11 is 1.54. The monoisotopic (exact) mass is 414 g/mol. The minimum Gasteiger partial charge on any atom is -0.451 e. The van der Waals surface area contributed by atoms with E-state index in [9.17, 15) is 19.2 Å². The Balaban J connectivity index is 1.77. The van der Waals surface area contributed by atoms with E-state index in [1.165, 1.54) is 25.6 Å². The van der Waals surface area contributed by atoms with Crippen molar-refractivity contribution in [2.45, 2.75) is 45.1 Å². The van der Waals surface area contributed by atoms with Crippen LogP contribution in [0.25, 0.3) is 0 Å². The summed E-state index contributed by atoms with van der Waals surface area (Å²) < 4.78 is 5.35. The number of nitrogens with one attached hydrogen (secondary N) is 2. The van der Waals surface area contributed by atoms with Crippen LogP contribution in [0.3, 0.4) is 0 Å². The van der Waals surface area contributed by atoms with Gasteiger partial charge in [-0.25, -0.2) is 4.79 Å².